The fraction of sp³-hybridized carbons (Fsp3) is 0.0800. The Morgan fingerprint density at radius 3 is 2.06 bits per heavy atom. The number of nitrogens with two attached hydrogens (primary N) is 1. The molecule has 6 nitrogen and oxygen atoms in total. The summed E-state index contributed by atoms with van der Waals surface area (Å²) in [6.07, 6.45) is 0. The van der Waals surface area contributed by atoms with E-state index in [1.165, 1.54) is 4.57 Å². The van der Waals surface area contributed by atoms with Crippen molar-refractivity contribution in [2.24, 2.45) is 0 Å². The molecule has 3 aromatic carbocycles. The fourth-order valence-corrected chi connectivity index (χ4v) is 3.26. The maximum Gasteiger partial charge on any atom is 0.284 e. The van der Waals surface area contributed by atoms with Gasteiger partial charge in [0.05, 0.1) is 5.69 Å². The van der Waals surface area contributed by atoms with Gasteiger partial charge in [-0.3, -0.25) is 14.2 Å². The van der Waals surface area contributed by atoms with Gasteiger partial charge in [-0.25, -0.2) is 4.98 Å². The molecule has 6 heteroatoms. The molecular weight excluding hydrogens is 388 g/mol. The molecule has 0 aliphatic carbocycles. The van der Waals surface area contributed by atoms with Crippen LogP contribution >= 0.6 is 0 Å². The van der Waals surface area contributed by atoms with Crippen LogP contribution < -0.4 is 16.6 Å². The molecule has 0 radical (unpaired) electrons. The first-order valence-electron chi connectivity index (χ1n) is 9.87. The van der Waals surface area contributed by atoms with E-state index in [-0.39, 0.29) is 11.5 Å². The van der Waals surface area contributed by atoms with Crippen molar-refractivity contribution in [1.82, 2.24) is 9.55 Å². The van der Waals surface area contributed by atoms with E-state index in [1.807, 2.05) is 68.4 Å². The van der Waals surface area contributed by atoms with Gasteiger partial charge in [0.25, 0.3) is 11.5 Å². The highest BCUT2D eigenvalue weighted by atomic mass is 16.2. The Kier molecular flexibility index (Phi) is 5.37. The molecule has 0 bridgehead atoms. The number of hydrogen-bond acceptors (Lipinski definition) is 4. The van der Waals surface area contributed by atoms with Gasteiger partial charge in [0.15, 0.2) is 11.5 Å². The molecule has 4 aromatic rings. The van der Waals surface area contributed by atoms with Crippen LogP contribution in [0.15, 0.2) is 83.7 Å². The molecule has 0 aliphatic rings. The third-order valence-corrected chi connectivity index (χ3v) is 4.99. The Hall–Kier alpha value is -4.19. The van der Waals surface area contributed by atoms with Gasteiger partial charge in [-0.15, -0.1) is 0 Å². The second-order valence-corrected chi connectivity index (χ2v) is 7.36. The Bertz CT molecular complexity index is 1290. The average Bonchev–Trinajstić information content (AvgIpc) is 2.78. The lowest BCUT2D eigenvalue weighted by Gasteiger charge is -2.16. The first kappa shape index (κ1) is 20.1. The normalized spacial score (nSPS) is 10.6. The summed E-state index contributed by atoms with van der Waals surface area (Å²) in [5.74, 6) is -0.0537. The van der Waals surface area contributed by atoms with Gasteiger partial charge in [-0.1, -0.05) is 65.7 Å². The molecule has 0 fully saturated rings. The minimum absolute atomic E-state index is 0.0341. The maximum atomic E-state index is 13.5. The molecule has 0 spiro atoms. The fourth-order valence-electron chi connectivity index (χ4n) is 3.26. The lowest BCUT2D eigenvalue weighted by molar-refractivity contribution is 0.102. The van der Waals surface area contributed by atoms with Gasteiger partial charge in [-0.05, 0) is 38.1 Å². The minimum atomic E-state index is -0.448. The molecule has 0 unspecified atom stereocenters. The van der Waals surface area contributed by atoms with Gasteiger partial charge in [0.1, 0.15) is 5.82 Å². The van der Waals surface area contributed by atoms with E-state index in [4.69, 9.17) is 5.73 Å². The van der Waals surface area contributed by atoms with Crippen molar-refractivity contribution in [2.45, 2.75) is 13.8 Å². The zero-order valence-electron chi connectivity index (χ0n) is 17.3. The van der Waals surface area contributed by atoms with Crippen molar-refractivity contribution in [2.75, 3.05) is 11.1 Å². The van der Waals surface area contributed by atoms with E-state index in [0.29, 0.717) is 17.1 Å². The van der Waals surface area contributed by atoms with Crippen molar-refractivity contribution >= 4 is 17.4 Å². The zero-order valence-corrected chi connectivity index (χ0v) is 17.3. The molecule has 0 saturated carbocycles. The molecule has 4 rings (SSSR count). The number of benzene rings is 3. The van der Waals surface area contributed by atoms with E-state index in [9.17, 15) is 9.59 Å². The topological polar surface area (TPSA) is 90.0 Å². The van der Waals surface area contributed by atoms with Crippen LogP contribution in [0.5, 0.6) is 0 Å². The molecule has 0 atom stereocenters. The van der Waals surface area contributed by atoms with Gasteiger partial charge in [-0.2, -0.15) is 0 Å². The number of nitrogens with zero attached hydrogens (tertiary/aromatic N) is 2. The summed E-state index contributed by atoms with van der Waals surface area (Å²) in [6, 6.07) is 23.8. The number of rotatable bonds is 4. The van der Waals surface area contributed by atoms with E-state index in [0.717, 1.165) is 16.7 Å². The summed E-state index contributed by atoms with van der Waals surface area (Å²) in [7, 11) is 0. The van der Waals surface area contributed by atoms with Crippen LogP contribution in [-0.2, 0) is 0 Å². The van der Waals surface area contributed by atoms with Crippen molar-refractivity contribution in [3.05, 3.63) is 106 Å². The van der Waals surface area contributed by atoms with Crippen molar-refractivity contribution in [3.8, 4) is 17.1 Å². The number of amides is 1. The smallest absolute Gasteiger partial charge is 0.284 e. The average molecular weight is 410 g/mol. The number of aromatic nitrogens is 2. The number of nitrogens with one attached hydrogen (secondary N) is 1. The predicted octanol–water partition coefficient (Wildman–Crippen LogP) is 4.35. The number of anilines is 2. The standard InChI is InChI=1S/C25H22N4O2/c1-16-8-12-18(13-9-16)23-28-22(26)21(27-24(30)19-6-4-3-5-7-19)25(31)29(23)20-14-10-17(2)11-15-20/h3-15H,26H2,1-2H3,(H,27,30). The molecule has 0 saturated heterocycles. The highest BCUT2D eigenvalue weighted by Crippen LogP contribution is 2.24. The Morgan fingerprint density at radius 2 is 1.45 bits per heavy atom. The first-order valence-corrected chi connectivity index (χ1v) is 9.87. The number of carbonyl (C=O) groups excluding carboxylic acids is 1. The number of carbonyl (C=O) groups is 1. The van der Waals surface area contributed by atoms with Crippen LogP contribution in [0.4, 0.5) is 11.5 Å². The van der Waals surface area contributed by atoms with Crippen LogP contribution in [0.3, 0.4) is 0 Å². The predicted molar refractivity (Wildman–Crippen MR) is 124 cm³/mol. The summed E-state index contributed by atoms with van der Waals surface area (Å²) < 4.78 is 1.47. The summed E-state index contributed by atoms with van der Waals surface area (Å²) in [5.41, 5.74) is 9.61. The van der Waals surface area contributed by atoms with Gasteiger partial charge < -0.3 is 11.1 Å². The molecule has 1 heterocycles. The highest BCUT2D eigenvalue weighted by molar-refractivity contribution is 6.05. The number of aryl methyl sites for hydroxylation is 2. The minimum Gasteiger partial charge on any atom is -0.382 e. The van der Waals surface area contributed by atoms with E-state index >= 15 is 0 Å². The number of nitrogen functional groups attached to an aromatic ring is 1. The van der Waals surface area contributed by atoms with Gasteiger partial charge in [0, 0.05) is 11.1 Å². The van der Waals surface area contributed by atoms with Gasteiger partial charge in [0.2, 0.25) is 0 Å². The van der Waals surface area contributed by atoms with Crippen molar-refractivity contribution in [1.29, 1.82) is 0 Å². The van der Waals surface area contributed by atoms with Crippen LogP contribution in [0.25, 0.3) is 17.1 Å². The molecule has 0 aliphatic heterocycles. The third kappa shape index (κ3) is 4.09. The van der Waals surface area contributed by atoms with E-state index in [2.05, 4.69) is 10.3 Å². The molecule has 31 heavy (non-hydrogen) atoms. The Balaban J connectivity index is 1.89. The lowest BCUT2D eigenvalue weighted by Crippen LogP contribution is -2.29. The molecule has 1 amide bonds. The highest BCUT2D eigenvalue weighted by Gasteiger charge is 2.20. The van der Waals surface area contributed by atoms with Crippen LogP contribution in [-0.4, -0.2) is 15.5 Å². The van der Waals surface area contributed by atoms with Gasteiger partial charge >= 0.3 is 0 Å². The second kappa shape index (κ2) is 8.28. The summed E-state index contributed by atoms with van der Waals surface area (Å²) >= 11 is 0. The summed E-state index contributed by atoms with van der Waals surface area (Å²) in [6.45, 7) is 3.96. The lowest BCUT2D eigenvalue weighted by atomic mass is 10.1. The van der Waals surface area contributed by atoms with Crippen LogP contribution in [0.2, 0.25) is 0 Å². The maximum absolute atomic E-state index is 13.5. The van der Waals surface area contributed by atoms with E-state index in [1.54, 1.807) is 24.3 Å². The quantitative estimate of drug-likeness (QED) is 0.523. The van der Waals surface area contributed by atoms with Crippen LogP contribution in [0.1, 0.15) is 21.5 Å². The summed E-state index contributed by atoms with van der Waals surface area (Å²) in [4.78, 5) is 30.7. The second-order valence-electron chi connectivity index (χ2n) is 7.36. The van der Waals surface area contributed by atoms with Crippen LogP contribution in [0, 0.1) is 13.8 Å². The number of hydrogen-bond donors (Lipinski definition) is 2. The Labute approximate surface area is 180 Å². The van der Waals surface area contributed by atoms with Crippen molar-refractivity contribution in [3.63, 3.8) is 0 Å². The zero-order chi connectivity index (χ0) is 22.0. The molecule has 154 valence electrons. The van der Waals surface area contributed by atoms with Crippen molar-refractivity contribution < 1.29 is 4.79 Å². The Morgan fingerprint density at radius 1 is 0.871 bits per heavy atom. The molecule has 1 aromatic heterocycles. The third-order valence-electron chi connectivity index (χ3n) is 4.99. The monoisotopic (exact) mass is 410 g/mol. The first-order chi connectivity index (χ1) is 14.9. The largest absolute Gasteiger partial charge is 0.382 e. The SMILES string of the molecule is Cc1ccc(-c2nc(N)c(NC(=O)c3ccccc3)c(=O)n2-c2ccc(C)cc2)cc1. The molecular formula is C25H22N4O2. The molecule has 3 N–H and O–H groups in total. The summed E-state index contributed by atoms with van der Waals surface area (Å²) in [5, 5.41) is 2.64. The van der Waals surface area contributed by atoms with E-state index < -0.39 is 11.5 Å².